The average Bonchev–Trinajstić information content (AvgIpc) is 3.15. The molecule has 1 aromatic rings. The van der Waals surface area contributed by atoms with Gasteiger partial charge in [-0.05, 0) is 37.0 Å². The third-order valence-corrected chi connectivity index (χ3v) is 3.85. The molecule has 0 bridgehead atoms. The van der Waals surface area contributed by atoms with Gasteiger partial charge in [0.1, 0.15) is 0 Å². The standard InChI is InChI=1S/C14H17Cl2NO/c1-2-3-14(18)17(11-5-6-11)9-10-4-7-12(15)13(16)8-10/h4,7-8,11H,2-3,5-6,9H2,1H3. The number of carbonyl (C=O) groups excluding carboxylic acids is 1. The number of hydrogen-bond donors (Lipinski definition) is 0. The number of benzene rings is 1. The third kappa shape index (κ3) is 3.39. The summed E-state index contributed by atoms with van der Waals surface area (Å²) in [6, 6.07) is 5.99. The number of amides is 1. The van der Waals surface area contributed by atoms with Crippen LogP contribution in [0.5, 0.6) is 0 Å². The summed E-state index contributed by atoms with van der Waals surface area (Å²) in [5, 5.41) is 1.10. The van der Waals surface area contributed by atoms with Crippen LogP contribution >= 0.6 is 23.2 Å². The summed E-state index contributed by atoms with van der Waals surface area (Å²) in [6.45, 7) is 2.67. The zero-order valence-electron chi connectivity index (χ0n) is 10.5. The lowest BCUT2D eigenvalue weighted by Gasteiger charge is -2.22. The minimum Gasteiger partial charge on any atom is -0.335 e. The van der Waals surface area contributed by atoms with Gasteiger partial charge in [0.15, 0.2) is 0 Å². The molecule has 0 unspecified atom stereocenters. The molecule has 1 aromatic carbocycles. The van der Waals surface area contributed by atoms with Gasteiger partial charge in [-0.15, -0.1) is 0 Å². The van der Waals surface area contributed by atoms with E-state index in [0.717, 1.165) is 24.8 Å². The van der Waals surface area contributed by atoms with Gasteiger partial charge >= 0.3 is 0 Å². The molecule has 0 atom stereocenters. The summed E-state index contributed by atoms with van der Waals surface area (Å²) in [6.07, 6.45) is 3.76. The van der Waals surface area contributed by atoms with Crippen molar-refractivity contribution >= 4 is 29.1 Å². The van der Waals surface area contributed by atoms with Gasteiger partial charge in [0.2, 0.25) is 5.91 Å². The molecule has 0 heterocycles. The van der Waals surface area contributed by atoms with Crippen LogP contribution in [-0.2, 0) is 11.3 Å². The zero-order valence-corrected chi connectivity index (χ0v) is 12.0. The molecule has 1 amide bonds. The smallest absolute Gasteiger partial charge is 0.223 e. The van der Waals surface area contributed by atoms with E-state index in [1.165, 1.54) is 0 Å². The summed E-state index contributed by atoms with van der Waals surface area (Å²) >= 11 is 11.9. The molecule has 0 aliphatic heterocycles. The van der Waals surface area contributed by atoms with Crippen molar-refractivity contribution in [3.63, 3.8) is 0 Å². The highest BCUT2D eigenvalue weighted by atomic mass is 35.5. The Balaban J connectivity index is 2.08. The van der Waals surface area contributed by atoms with Crippen LogP contribution in [0.4, 0.5) is 0 Å². The van der Waals surface area contributed by atoms with Gasteiger partial charge in [0.25, 0.3) is 0 Å². The number of nitrogens with zero attached hydrogens (tertiary/aromatic N) is 1. The van der Waals surface area contributed by atoms with Crippen molar-refractivity contribution in [1.82, 2.24) is 4.90 Å². The Morgan fingerprint density at radius 3 is 2.61 bits per heavy atom. The Hall–Kier alpha value is -0.730. The van der Waals surface area contributed by atoms with Gasteiger partial charge < -0.3 is 4.90 Å². The fourth-order valence-corrected chi connectivity index (χ4v) is 2.32. The molecular weight excluding hydrogens is 269 g/mol. The lowest BCUT2D eigenvalue weighted by molar-refractivity contribution is -0.132. The lowest BCUT2D eigenvalue weighted by atomic mass is 10.2. The van der Waals surface area contributed by atoms with Crippen LogP contribution in [0.25, 0.3) is 0 Å². The Kier molecular flexibility index (Phi) is 4.52. The molecule has 2 rings (SSSR count). The van der Waals surface area contributed by atoms with Gasteiger partial charge in [-0.25, -0.2) is 0 Å². The molecule has 2 nitrogen and oxygen atoms in total. The Labute approximate surface area is 118 Å². The maximum atomic E-state index is 12.0. The normalized spacial score (nSPS) is 14.6. The predicted molar refractivity (Wildman–Crippen MR) is 74.9 cm³/mol. The quantitative estimate of drug-likeness (QED) is 0.791. The first-order valence-electron chi connectivity index (χ1n) is 6.35. The Bertz CT molecular complexity index is 443. The van der Waals surface area contributed by atoms with Gasteiger partial charge in [0, 0.05) is 19.0 Å². The van der Waals surface area contributed by atoms with Crippen molar-refractivity contribution in [2.45, 2.75) is 45.2 Å². The SMILES string of the molecule is CCCC(=O)N(Cc1ccc(Cl)c(Cl)c1)C1CC1. The maximum absolute atomic E-state index is 12.0. The van der Waals surface area contributed by atoms with Gasteiger partial charge in [-0.3, -0.25) is 4.79 Å². The van der Waals surface area contributed by atoms with E-state index in [4.69, 9.17) is 23.2 Å². The Morgan fingerprint density at radius 2 is 2.06 bits per heavy atom. The topological polar surface area (TPSA) is 20.3 Å². The third-order valence-electron chi connectivity index (χ3n) is 3.11. The summed E-state index contributed by atoms with van der Waals surface area (Å²) in [5.41, 5.74) is 1.04. The Morgan fingerprint density at radius 1 is 1.33 bits per heavy atom. The van der Waals surface area contributed by atoms with Crippen LogP contribution < -0.4 is 0 Å². The number of halogens is 2. The second-order valence-corrected chi connectivity index (χ2v) is 5.57. The van der Waals surface area contributed by atoms with E-state index >= 15 is 0 Å². The highest BCUT2D eigenvalue weighted by Crippen LogP contribution is 2.30. The average molecular weight is 286 g/mol. The molecule has 18 heavy (non-hydrogen) atoms. The monoisotopic (exact) mass is 285 g/mol. The van der Waals surface area contributed by atoms with Crippen LogP contribution in [-0.4, -0.2) is 16.8 Å². The molecule has 4 heteroatoms. The molecule has 0 radical (unpaired) electrons. The fraction of sp³-hybridized carbons (Fsp3) is 0.500. The molecule has 1 saturated carbocycles. The highest BCUT2D eigenvalue weighted by Gasteiger charge is 2.31. The van der Waals surface area contributed by atoms with Crippen LogP contribution in [0.2, 0.25) is 10.0 Å². The molecule has 1 aliphatic carbocycles. The summed E-state index contributed by atoms with van der Waals surface area (Å²) in [4.78, 5) is 14.0. The van der Waals surface area contributed by atoms with Crippen LogP contribution in [0, 0.1) is 0 Å². The highest BCUT2D eigenvalue weighted by molar-refractivity contribution is 6.42. The molecule has 1 aliphatic rings. The second-order valence-electron chi connectivity index (χ2n) is 4.75. The van der Waals surface area contributed by atoms with E-state index in [9.17, 15) is 4.79 Å². The summed E-state index contributed by atoms with van der Waals surface area (Å²) in [5.74, 6) is 0.242. The zero-order chi connectivity index (χ0) is 13.1. The van der Waals surface area contributed by atoms with Crippen molar-refractivity contribution < 1.29 is 4.79 Å². The van der Waals surface area contributed by atoms with E-state index in [0.29, 0.717) is 29.1 Å². The first-order valence-corrected chi connectivity index (χ1v) is 7.10. The molecular formula is C14H17Cl2NO. The van der Waals surface area contributed by atoms with Crippen molar-refractivity contribution in [3.8, 4) is 0 Å². The van der Waals surface area contributed by atoms with Crippen LogP contribution in [0.15, 0.2) is 18.2 Å². The maximum Gasteiger partial charge on any atom is 0.223 e. The second kappa shape index (κ2) is 5.94. The fourth-order valence-electron chi connectivity index (χ4n) is 2.00. The van der Waals surface area contributed by atoms with Crippen molar-refractivity contribution in [2.75, 3.05) is 0 Å². The van der Waals surface area contributed by atoms with Crippen LogP contribution in [0.3, 0.4) is 0 Å². The minimum absolute atomic E-state index is 0.242. The summed E-state index contributed by atoms with van der Waals surface area (Å²) < 4.78 is 0. The largest absolute Gasteiger partial charge is 0.335 e. The van der Waals surface area contributed by atoms with Crippen molar-refractivity contribution in [1.29, 1.82) is 0 Å². The van der Waals surface area contributed by atoms with Gasteiger partial charge in [0.05, 0.1) is 10.0 Å². The molecule has 0 aromatic heterocycles. The van der Waals surface area contributed by atoms with Crippen LogP contribution in [0.1, 0.15) is 38.2 Å². The predicted octanol–water partition coefficient (Wildman–Crippen LogP) is 4.28. The van der Waals surface area contributed by atoms with E-state index < -0.39 is 0 Å². The first-order chi connectivity index (χ1) is 8.61. The molecule has 1 fully saturated rings. The molecule has 0 N–H and O–H groups in total. The van der Waals surface area contributed by atoms with E-state index in [1.54, 1.807) is 6.07 Å². The lowest BCUT2D eigenvalue weighted by Crippen LogP contribution is -2.32. The molecule has 98 valence electrons. The van der Waals surface area contributed by atoms with E-state index in [-0.39, 0.29) is 5.91 Å². The number of rotatable bonds is 5. The van der Waals surface area contributed by atoms with Gasteiger partial charge in [-0.1, -0.05) is 36.2 Å². The molecule has 0 spiro atoms. The van der Waals surface area contributed by atoms with Crippen molar-refractivity contribution in [3.05, 3.63) is 33.8 Å². The van der Waals surface area contributed by atoms with E-state index in [2.05, 4.69) is 0 Å². The first kappa shape index (κ1) is 13.7. The van der Waals surface area contributed by atoms with Gasteiger partial charge in [-0.2, -0.15) is 0 Å². The minimum atomic E-state index is 0.242. The number of hydrogen-bond acceptors (Lipinski definition) is 1. The van der Waals surface area contributed by atoms with E-state index in [1.807, 2.05) is 24.0 Å². The summed E-state index contributed by atoms with van der Waals surface area (Å²) in [7, 11) is 0. The number of carbonyl (C=O) groups is 1. The van der Waals surface area contributed by atoms with Crippen molar-refractivity contribution in [2.24, 2.45) is 0 Å². The molecule has 0 saturated heterocycles.